The van der Waals surface area contributed by atoms with E-state index >= 15 is 0 Å². The molecule has 0 radical (unpaired) electrons. The summed E-state index contributed by atoms with van der Waals surface area (Å²) in [4.78, 5) is 11.5. The molecule has 0 spiro atoms. The zero-order valence-corrected chi connectivity index (χ0v) is 10.9. The van der Waals surface area contributed by atoms with E-state index in [9.17, 15) is 4.79 Å². The number of rotatable bonds is 2. The Labute approximate surface area is 110 Å². The highest BCUT2D eigenvalue weighted by Crippen LogP contribution is 2.25. The third-order valence-electron chi connectivity index (χ3n) is 2.90. The van der Waals surface area contributed by atoms with E-state index in [2.05, 4.69) is 11.4 Å². The summed E-state index contributed by atoms with van der Waals surface area (Å²) in [6.45, 7) is 0. The van der Waals surface area contributed by atoms with E-state index in [0.29, 0.717) is 5.56 Å². The van der Waals surface area contributed by atoms with Crippen LogP contribution in [0, 0.1) is 11.3 Å². The highest BCUT2D eigenvalue weighted by molar-refractivity contribution is 7.99. The van der Waals surface area contributed by atoms with Crippen LogP contribution in [0.4, 0.5) is 0 Å². The molecule has 0 amide bonds. The predicted molar refractivity (Wildman–Crippen MR) is 70.2 cm³/mol. The van der Waals surface area contributed by atoms with Gasteiger partial charge in [0.15, 0.2) is 0 Å². The number of benzene rings is 1. The number of hydrogen-bond donors (Lipinski definition) is 1. The Morgan fingerprint density at radius 3 is 2.78 bits per heavy atom. The van der Waals surface area contributed by atoms with E-state index in [1.807, 2.05) is 12.1 Å². The van der Waals surface area contributed by atoms with Gasteiger partial charge in [0.1, 0.15) is 6.04 Å². The molecule has 0 bridgehead atoms. The molecule has 5 heteroatoms. The summed E-state index contributed by atoms with van der Waals surface area (Å²) in [6.07, 6.45) is 0. The lowest BCUT2D eigenvalue weighted by molar-refractivity contribution is -0.142. The minimum atomic E-state index is -0.255. The van der Waals surface area contributed by atoms with Crippen molar-refractivity contribution in [1.29, 1.82) is 5.26 Å². The second kappa shape index (κ2) is 5.89. The molecule has 0 aliphatic carbocycles. The summed E-state index contributed by atoms with van der Waals surface area (Å²) in [5.41, 5.74) is 1.74. The van der Waals surface area contributed by atoms with Crippen LogP contribution in [0.25, 0.3) is 0 Å². The molecule has 1 fully saturated rings. The topological polar surface area (TPSA) is 62.1 Å². The minimum Gasteiger partial charge on any atom is -0.468 e. The predicted octanol–water partition coefficient (Wildman–Crippen LogP) is 1.48. The standard InChI is InChI=1S/C13H14N2O2S/c1-17-13(16)12-8-18-7-11(15-12)10-4-2-9(6-14)3-5-10/h2-5,11-12,15H,7-8H2,1H3. The number of nitriles is 1. The van der Waals surface area contributed by atoms with Crippen LogP contribution in [-0.2, 0) is 9.53 Å². The molecule has 4 nitrogen and oxygen atoms in total. The molecule has 94 valence electrons. The highest BCUT2D eigenvalue weighted by atomic mass is 32.2. The van der Waals surface area contributed by atoms with Crippen LogP contribution in [0.1, 0.15) is 17.2 Å². The summed E-state index contributed by atoms with van der Waals surface area (Å²) >= 11 is 1.73. The molecule has 1 aliphatic rings. The van der Waals surface area contributed by atoms with E-state index in [0.717, 1.165) is 17.1 Å². The molecule has 2 unspecified atom stereocenters. The maximum Gasteiger partial charge on any atom is 0.323 e. The van der Waals surface area contributed by atoms with Crippen LogP contribution in [0.2, 0.25) is 0 Å². The molecular formula is C13H14N2O2S. The van der Waals surface area contributed by atoms with Gasteiger partial charge in [0, 0.05) is 17.5 Å². The number of thioether (sulfide) groups is 1. The first-order chi connectivity index (χ1) is 8.74. The highest BCUT2D eigenvalue weighted by Gasteiger charge is 2.28. The molecule has 1 N–H and O–H groups in total. The van der Waals surface area contributed by atoms with Crippen LogP contribution < -0.4 is 5.32 Å². The van der Waals surface area contributed by atoms with Gasteiger partial charge < -0.3 is 4.74 Å². The lowest BCUT2D eigenvalue weighted by atomic mass is 10.1. The first-order valence-corrected chi connectivity index (χ1v) is 6.81. The molecule has 2 atom stereocenters. The van der Waals surface area contributed by atoms with Gasteiger partial charge >= 0.3 is 5.97 Å². The molecule has 1 aromatic rings. The largest absolute Gasteiger partial charge is 0.468 e. The maximum absolute atomic E-state index is 11.5. The lowest BCUT2D eigenvalue weighted by Gasteiger charge is -2.29. The molecule has 1 heterocycles. The number of nitrogens with zero attached hydrogens (tertiary/aromatic N) is 1. The Morgan fingerprint density at radius 1 is 1.44 bits per heavy atom. The molecule has 18 heavy (non-hydrogen) atoms. The van der Waals surface area contributed by atoms with Gasteiger partial charge in [0.05, 0.1) is 18.7 Å². The summed E-state index contributed by atoms with van der Waals surface area (Å²) in [5.74, 6) is 1.43. The first-order valence-electron chi connectivity index (χ1n) is 5.66. The van der Waals surface area contributed by atoms with E-state index < -0.39 is 0 Å². The normalized spacial score (nSPS) is 23.1. The number of nitrogens with one attached hydrogen (secondary N) is 1. The Morgan fingerprint density at radius 2 is 2.17 bits per heavy atom. The van der Waals surface area contributed by atoms with Crippen molar-refractivity contribution in [2.45, 2.75) is 12.1 Å². The van der Waals surface area contributed by atoms with Crippen LogP contribution in [-0.4, -0.2) is 30.6 Å². The number of ether oxygens (including phenoxy) is 1. The fourth-order valence-electron chi connectivity index (χ4n) is 1.90. The fourth-order valence-corrected chi connectivity index (χ4v) is 3.03. The number of esters is 1. The van der Waals surface area contributed by atoms with Gasteiger partial charge in [-0.25, -0.2) is 0 Å². The third-order valence-corrected chi connectivity index (χ3v) is 4.04. The van der Waals surface area contributed by atoms with E-state index in [4.69, 9.17) is 10.00 Å². The number of carbonyl (C=O) groups is 1. The Kier molecular flexibility index (Phi) is 4.24. The second-order valence-electron chi connectivity index (χ2n) is 4.07. The van der Waals surface area contributed by atoms with E-state index in [1.54, 1.807) is 23.9 Å². The second-order valence-corrected chi connectivity index (χ2v) is 5.14. The van der Waals surface area contributed by atoms with Crippen LogP contribution in [0.5, 0.6) is 0 Å². The zero-order valence-electron chi connectivity index (χ0n) is 10.1. The number of methoxy groups -OCH3 is 1. The third kappa shape index (κ3) is 2.84. The zero-order chi connectivity index (χ0) is 13.0. The van der Waals surface area contributed by atoms with Gasteiger partial charge in [0.25, 0.3) is 0 Å². The average molecular weight is 262 g/mol. The number of carbonyl (C=O) groups excluding carboxylic acids is 1. The van der Waals surface area contributed by atoms with Crippen molar-refractivity contribution in [2.75, 3.05) is 18.6 Å². The van der Waals surface area contributed by atoms with Gasteiger partial charge in [0.2, 0.25) is 0 Å². The van der Waals surface area contributed by atoms with Crippen LogP contribution in [0.15, 0.2) is 24.3 Å². The quantitative estimate of drug-likeness (QED) is 0.818. The van der Waals surface area contributed by atoms with Crippen molar-refractivity contribution in [3.8, 4) is 6.07 Å². The molecule has 2 rings (SSSR count). The molecule has 0 saturated carbocycles. The number of hydrogen-bond acceptors (Lipinski definition) is 5. The van der Waals surface area contributed by atoms with Crippen LogP contribution in [0.3, 0.4) is 0 Å². The van der Waals surface area contributed by atoms with Crippen molar-refractivity contribution >= 4 is 17.7 Å². The first kappa shape index (κ1) is 12.9. The van der Waals surface area contributed by atoms with Gasteiger partial charge in [-0.15, -0.1) is 0 Å². The Balaban J connectivity index is 2.08. The molecular weight excluding hydrogens is 248 g/mol. The van der Waals surface area contributed by atoms with Gasteiger partial charge in [-0.05, 0) is 17.7 Å². The summed E-state index contributed by atoms with van der Waals surface area (Å²) in [7, 11) is 1.40. The fraction of sp³-hybridized carbons (Fsp3) is 0.385. The van der Waals surface area contributed by atoms with Crippen LogP contribution >= 0.6 is 11.8 Å². The molecule has 0 aromatic heterocycles. The van der Waals surface area contributed by atoms with E-state index in [-0.39, 0.29) is 18.1 Å². The van der Waals surface area contributed by atoms with Gasteiger partial charge in [-0.2, -0.15) is 17.0 Å². The van der Waals surface area contributed by atoms with E-state index in [1.165, 1.54) is 7.11 Å². The van der Waals surface area contributed by atoms with Crippen molar-refractivity contribution in [3.63, 3.8) is 0 Å². The Hall–Kier alpha value is -1.51. The molecule has 1 saturated heterocycles. The SMILES string of the molecule is COC(=O)C1CSCC(c2ccc(C#N)cc2)N1. The van der Waals surface area contributed by atoms with Crippen molar-refractivity contribution < 1.29 is 9.53 Å². The molecule has 1 aromatic carbocycles. The smallest absolute Gasteiger partial charge is 0.323 e. The monoisotopic (exact) mass is 262 g/mol. The summed E-state index contributed by atoms with van der Waals surface area (Å²) in [5, 5.41) is 12.0. The lowest BCUT2D eigenvalue weighted by Crippen LogP contribution is -2.45. The Bertz CT molecular complexity index is 467. The van der Waals surface area contributed by atoms with Gasteiger partial charge in [-0.3, -0.25) is 10.1 Å². The maximum atomic E-state index is 11.5. The van der Waals surface area contributed by atoms with Crippen molar-refractivity contribution in [1.82, 2.24) is 5.32 Å². The van der Waals surface area contributed by atoms with Gasteiger partial charge in [-0.1, -0.05) is 12.1 Å². The molecule has 1 aliphatic heterocycles. The average Bonchev–Trinajstić information content (AvgIpc) is 2.46. The summed E-state index contributed by atoms with van der Waals surface area (Å²) in [6, 6.07) is 9.41. The van der Waals surface area contributed by atoms with Crippen molar-refractivity contribution in [3.05, 3.63) is 35.4 Å². The summed E-state index contributed by atoms with van der Waals surface area (Å²) < 4.78 is 4.75. The minimum absolute atomic E-state index is 0.126. The van der Waals surface area contributed by atoms with Crippen molar-refractivity contribution in [2.24, 2.45) is 0 Å².